The molecule has 1 aliphatic rings. The predicted molar refractivity (Wildman–Crippen MR) is 80.0 cm³/mol. The first-order valence-electron chi connectivity index (χ1n) is 7.53. The molecule has 0 unspecified atom stereocenters. The summed E-state index contributed by atoms with van der Waals surface area (Å²) in [5, 5.41) is 0.934. The van der Waals surface area contributed by atoms with Crippen molar-refractivity contribution in [3.05, 3.63) is 36.1 Å². The molecule has 0 amide bonds. The molecule has 1 aliphatic carbocycles. The summed E-state index contributed by atoms with van der Waals surface area (Å²) in [4.78, 5) is 14.9. The first-order valence-corrected chi connectivity index (χ1v) is 7.53. The topological polar surface area (TPSA) is 33.5 Å². The summed E-state index contributed by atoms with van der Waals surface area (Å²) < 4.78 is 5.47. The standard InChI is InChI=1S/C17H21NO2/c1-2-3-10-18(13-8-9-13)11-16(19)15-12-20-17-7-5-4-6-14(15)17/h4-7,12-13H,2-3,8-11H2,1H3. The van der Waals surface area contributed by atoms with Crippen LogP contribution < -0.4 is 0 Å². The molecule has 1 fully saturated rings. The SMILES string of the molecule is CCCCN(CC(=O)c1coc2ccccc12)C1CC1. The van der Waals surface area contributed by atoms with Crippen LogP contribution >= 0.6 is 0 Å². The molecule has 0 atom stereocenters. The normalized spacial score (nSPS) is 15.1. The second kappa shape index (κ2) is 5.80. The van der Waals surface area contributed by atoms with Crippen LogP contribution in [0.1, 0.15) is 43.0 Å². The highest BCUT2D eigenvalue weighted by Gasteiger charge is 2.30. The number of nitrogens with zero attached hydrogens (tertiary/aromatic N) is 1. The maximum Gasteiger partial charge on any atom is 0.180 e. The van der Waals surface area contributed by atoms with Gasteiger partial charge in [-0.2, -0.15) is 0 Å². The van der Waals surface area contributed by atoms with E-state index in [9.17, 15) is 4.79 Å². The minimum atomic E-state index is 0.179. The van der Waals surface area contributed by atoms with Gasteiger partial charge in [0.25, 0.3) is 0 Å². The van der Waals surface area contributed by atoms with Gasteiger partial charge in [-0.3, -0.25) is 9.69 Å². The van der Waals surface area contributed by atoms with Crippen molar-refractivity contribution in [2.75, 3.05) is 13.1 Å². The van der Waals surface area contributed by atoms with Gasteiger partial charge in [-0.1, -0.05) is 31.5 Å². The minimum absolute atomic E-state index is 0.179. The van der Waals surface area contributed by atoms with Crippen LogP contribution in [-0.4, -0.2) is 29.8 Å². The van der Waals surface area contributed by atoms with Crippen LogP contribution in [-0.2, 0) is 0 Å². The summed E-state index contributed by atoms with van der Waals surface area (Å²) in [6.07, 6.45) is 6.42. The number of rotatable bonds is 7. The zero-order chi connectivity index (χ0) is 13.9. The number of Topliss-reactive ketones (excluding diaryl/α,β-unsaturated/α-hetero) is 1. The molecule has 3 rings (SSSR count). The van der Waals surface area contributed by atoms with Gasteiger partial charge in [-0.15, -0.1) is 0 Å². The highest BCUT2D eigenvalue weighted by Crippen LogP contribution is 2.28. The zero-order valence-corrected chi connectivity index (χ0v) is 12.0. The number of furan rings is 1. The highest BCUT2D eigenvalue weighted by atomic mass is 16.3. The smallest absolute Gasteiger partial charge is 0.180 e. The number of para-hydroxylation sites is 1. The van der Waals surface area contributed by atoms with Gasteiger partial charge in [0.05, 0.1) is 12.1 Å². The lowest BCUT2D eigenvalue weighted by atomic mass is 10.1. The van der Waals surface area contributed by atoms with E-state index < -0.39 is 0 Å². The summed E-state index contributed by atoms with van der Waals surface area (Å²) in [5.74, 6) is 0.179. The van der Waals surface area contributed by atoms with E-state index in [1.165, 1.54) is 19.3 Å². The number of ketones is 1. The molecule has 3 nitrogen and oxygen atoms in total. The molecule has 0 saturated heterocycles. The van der Waals surface area contributed by atoms with E-state index in [-0.39, 0.29) is 5.78 Å². The Balaban J connectivity index is 1.74. The molecule has 20 heavy (non-hydrogen) atoms. The largest absolute Gasteiger partial charge is 0.464 e. The van der Waals surface area contributed by atoms with Crippen molar-refractivity contribution in [1.82, 2.24) is 4.90 Å². The van der Waals surface area contributed by atoms with E-state index in [2.05, 4.69) is 11.8 Å². The minimum Gasteiger partial charge on any atom is -0.464 e. The predicted octanol–water partition coefficient (Wildman–Crippen LogP) is 3.88. The van der Waals surface area contributed by atoms with Crippen molar-refractivity contribution < 1.29 is 9.21 Å². The average molecular weight is 271 g/mol. The fraction of sp³-hybridized carbons (Fsp3) is 0.471. The van der Waals surface area contributed by atoms with Crippen LogP contribution in [0.2, 0.25) is 0 Å². The van der Waals surface area contributed by atoms with Gasteiger partial charge in [0.15, 0.2) is 5.78 Å². The monoisotopic (exact) mass is 271 g/mol. The van der Waals surface area contributed by atoms with Gasteiger partial charge >= 0.3 is 0 Å². The molecule has 0 spiro atoms. The van der Waals surface area contributed by atoms with Gasteiger partial charge in [0.1, 0.15) is 11.8 Å². The number of benzene rings is 1. The van der Waals surface area contributed by atoms with E-state index in [4.69, 9.17) is 4.42 Å². The van der Waals surface area contributed by atoms with E-state index in [1.807, 2.05) is 24.3 Å². The Bertz CT molecular complexity index is 598. The quantitative estimate of drug-likeness (QED) is 0.716. The molecule has 0 radical (unpaired) electrons. The molecule has 0 aliphatic heterocycles. The summed E-state index contributed by atoms with van der Waals surface area (Å²) in [6, 6.07) is 8.37. The second-order valence-electron chi connectivity index (χ2n) is 5.62. The van der Waals surface area contributed by atoms with Crippen molar-refractivity contribution in [2.45, 2.75) is 38.6 Å². The second-order valence-corrected chi connectivity index (χ2v) is 5.62. The summed E-state index contributed by atoms with van der Waals surface area (Å²) >= 11 is 0. The van der Waals surface area contributed by atoms with Crippen LogP contribution in [0.3, 0.4) is 0 Å². The van der Waals surface area contributed by atoms with Crippen molar-refractivity contribution in [2.24, 2.45) is 0 Å². The molecule has 1 heterocycles. The third-order valence-corrected chi connectivity index (χ3v) is 3.99. The Labute approximate surface area is 119 Å². The molecule has 0 bridgehead atoms. The van der Waals surface area contributed by atoms with Crippen LogP contribution in [0.25, 0.3) is 11.0 Å². The average Bonchev–Trinajstić information content (AvgIpc) is 3.22. The molecule has 2 aromatic rings. The first-order chi connectivity index (χ1) is 9.79. The lowest BCUT2D eigenvalue weighted by molar-refractivity contribution is 0.0924. The number of fused-ring (bicyclic) bond motifs is 1. The molecule has 106 valence electrons. The van der Waals surface area contributed by atoms with Gasteiger partial charge in [-0.25, -0.2) is 0 Å². The van der Waals surface area contributed by atoms with E-state index in [0.717, 1.165) is 29.5 Å². The third-order valence-electron chi connectivity index (χ3n) is 3.99. The van der Waals surface area contributed by atoms with Crippen molar-refractivity contribution >= 4 is 16.8 Å². The van der Waals surface area contributed by atoms with Crippen molar-refractivity contribution in [3.8, 4) is 0 Å². The van der Waals surface area contributed by atoms with Gasteiger partial charge in [0, 0.05) is 11.4 Å². The lowest BCUT2D eigenvalue weighted by Gasteiger charge is -2.20. The van der Waals surface area contributed by atoms with E-state index in [1.54, 1.807) is 6.26 Å². The van der Waals surface area contributed by atoms with E-state index >= 15 is 0 Å². The van der Waals surface area contributed by atoms with Gasteiger partial charge in [0.2, 0.25) is 0 Å². The first kappa shape index (κ1) is 13.4. The number of unbranched alkanes of at least 4 members (excludes halogenated alkanes) is 1. The lowest BCUT2D eigenvalue weighted by Crippen LogP contribution is -2.32. The summed E-state index contributed by atoms with van der Waals surface area (Å²) in [5.41, 5.74) is 1.52. The molecular formula is C17H21NO2. The van der Waals surface area contributed by atoms with Gasteiger partial charge in [-0.05, 0) is 31.9 Å². The number of carbonyl (C=O) groups excluding carboxylic acids is 1. The third kappa shape index (κ3) is 2.78. The maximum atomic E-state index is 12.5. The maximum absolute atomic E-state index is 12.5. The molecule has 1 saturated carbocycles. The Morgan fingerprint density at radius 3 is 2.90 bits per heavy atom. The summed E-state index contributed by atoms with van der Waals surface area (Å²) in [7, 11) is 0. The molecule has 1 aromatic carbocycles. The van der Waals surface area contributed by atoms with E-state index in [0.29, 0.717) is 12.6 Å². The van der Waals surface area contributed by atoms with Crippen LogP contribution in [0.5, 0.6) is 0 Å². The Kier molecular flexibility index (Phi) is 3.88. The number of hydrogen-bond donors (Lipinski definition) is 0. The molecule has 0 N–H and O–H groups in total. The molecule has 1 aromatic heterocycles. The van der Waals surface area contributed by atoms with Crippen LogP contribution in [0.15, 0.2) is 34.9 Å². The highest BCUT2D eigenvalue weighted by molar-refractivity contribution is 6.08. The number of hydrogen-bond acceptors (Lipinski definition) is 3. The van der Waals surface area contributed by atoms with Crippen molar-refractivity contribution in [3.63, 3.8) is 0 Å². The zero-order valence-electron chi connectivity index (χ0n) is 12.0. The molecular weight excluding hydrogens is 250 g/mol. The summed E-state index contributed by atoms with van der Waals surface area (Å²) in [6.45, 7) is 3.74. The van der Waals surface area contributed by atoms with Gasteiger partial charge < -0.3 is 4.42 Å². The fourth-order valence-corrected chi connectivity index (χ4v) is 2.65. The Hall–Kier alpha value is -1.61. The number of carbonyl (C=O) groups is 1. The van der Waals surface area contributed by atoms with Crippen molar-refractivity contribution in [1.29, 1.82) is 0 Å². The Morgan fingerprint density at radius 2 is 2.15 bits per heavy atom. The molecule has 3 heteroatoms. The fourth-order valence-electron chi connectivity index (χ4n) is 2.65. The van der Waals surface area contributed by atoms with Crippen LogP contribution in [0.4, 0.5) is 0 Å². The van der Waals surface area contributed by atoms with Crippen LogP contribution in [0, 0.1) is 0 Å². The Morgan fingerprint density at radius 1 is 1.35 bits per heavy atom.